The second kappa shape index (κ2) is 11.5. The van der Waals surface area contributed by atoms with E-state index in [-0.39, 0.29) is 17.9 Å². The van der Waals surface area contributed by atoms with Gasteiger partial charge in [0.1, 0.15) is 6.04 Å². The molecular formula is C29H33ClN2O2. The molecule has 1 unspecified atom stereocenters. The summed E-state index contributed by atoms with van der Waals surface area (Å²) < 4.78 is 0. The van der Waals surface area contributed by atoms with Gasteiger partial charge in [-0.2, -0.15) is 0 Å². The van der Waals surface area contributed by atoms with Gasteiger partial charge < -0.3 is 10.2 Å². The lowest BCUT2D eigenvalue weighted by Crippen LogP contribution is -2.50. The number of carbonyl (C=O) groups excluding carboxylic acids is 2. The van der Waals surface area contributed by atoms with E-state index in [1.807, 2.05) is 49.4 Å². The van der Waals surface area contributed by atoms with Crippen LogP contribution < -0.4 is 5.32 Å². The van der Waals surface area contributed by atoms with Crippen LogP contribution >= 0.6 is 11.6 Å². The van der Waals surface area contributed by atoms with Gasteiger partial charge in [0.2, 0.25) is 11.8 Å². The molecule has 3 aromatic carbocycles. The van der Waals surface area contributed by atoms with E-state index in [9.17, 15) is 9.59 Å². The van der Waals surface area contributed by atoms with Crippen LogP contribution in [0.2, 0.25) is 5.02 Å². The van der Waals surface area contributed by atoms with Crippen LogP contribution in [0.3, 0.4) is 0 Å². The fourth-order valence-electron chi connectivity index (χ4n) is 4.86. The van der Waals surface area contributed by atoms with E-state index >= 15 is 0 Å². The molecule has 0 radical (unpaired) electrons. The third-order valence-electron chi connectivity index (χ3n) is 6.91. The zero-order chi connectivity index (χ0) is 23.9. The number of nitrogens with zero attached hydrogens (tertiary/aromatic N) is 1. The first-order valence-corrected chi connectivity index (χ1v) is 12.7. The van der Waals surface area contributed by atoms with Gasteiger partial charge in [0.25, 0.3) is 0 Å². The minimum atomic E-state index is -0.571. The van der Waals surface area contributed by atoms with E-state index < -0.39 is 6.04 Å². The molecule has 1 aliphatic rings. The van der Waals surface area contributed by atoms with Gasteiger partial charge >= 0.3 is 0 Å². The maximum atomic E-state index is 13.5. The zero-order valence-electron chi connectivity index (χ0n) is 19.8. The van der Waals surface area contributed by atoms with Gasteiger partial charge in [-0.25, -0.2) is 0 Å². The van der Waals surface area contributed by atoms with Crippen molar-refractivity contribution in [3.63, 3.8) is 0 Å². The summed E-state index contributed by atoms with van der Waals surface area (Å²) in [5.74, 6) is -0.128. The van der Waals surface area contributed by atoms with Crippen molar-refractivity contribution in [2.45, 2.75) is 70.5 Å². The predicted octanol–water partition coefficient (Wildman–Crippen LogP) is 6.29. The monoisotopic (exact) mass is 476 g/mol. The fourth-order valence-corrected chi connectivity index (χ4v) is 5.05. The minimum absolute atomic E-state index is 0.0425. The average molecular weight is 477 g/mol. The lowest BCUT2D eigenvalue weighted by Gasteiger charge is -2.31. The molecule has 0 spiro atoms. The van der Waals surface area contributed by atoms with Gasteiger partial charge in [-0.1, -0.05) is 91.5 Å². The predicted molar refractivity (Wildman–Crippen MR) is 139 cm³/mol. The highest BCUT2D eigenvalue weighted by Crippen LogP contribution is 2.23. The van der Waals surface area contributed by atoms with Crippen molar-refractivity contribution in [3.8, 4) is 0 Å². The molecule has 1 fully saturated rings. The van der Waals surface area contributed by atoms with Gasteiger partial charge in [0, 0.05) is 24.0 Å². The molecule has 178 valence electrons. The molecule has 2 amide bonds. The van der Waals surface area contributed by atoms with Crippen LogP contribution in [0.5, 0.6) is 0 Å². The number of benzene rings is 3. The summed E-state index contributed by atoms with van der Waals surface area (Å²) in [5, 5.41) is 6.12. The van der Waals surface area contributed by atoms with Crippen LogP contribution in [0.25, 0.3) is 10.8 Å². The summed E-state index contributed by atoms with van der Waals surface area (Å²) in [7, 11) is 0. The summed E-state index contributed by atoms with van der Waals surface area (Å²) in [6, 6.07) is 21.6. The van der Waals surface area contributed by atoms with Crippen LogP contribution in [0, 0.1) is 0 Å². The smallest absolute Gasteiger partial charge is 0.242 e. The van der Waals surface area contributed by atoms with Crippen LogP contribution in [-0.4, -0.2) is 28.8 Å². The molecular weight excluding hydrogens is 444 g/mol. The maximum absolute atomic E-state index is 13.5. The third kappa shape index (κ3) is 5.98. The Morgan fingerprint density at radius 1 is 0.941 bits per heavy atom. The molecule has 1 aliphatic carbocycles. The number of hydrogen-bond acceptors (Lipinski definition) is 2. The lowest BCUT2D eigenvalue weighted by atomic mass is 9.95. The van der Waals surface area contributed by atoms with Crippen molar-refractivity contribution in [1.82, 2.24) is 10.2 Å². The Balaban J connectivity index is 1.50. The fraction of sp³-hybridized carbons (Fsp3) is 0.379. The highest BCUT2D eigenvalue weighted by molar-refractivity contribution is 6.31. The average Bonchev–Trinajstić information content (AvgIpc) is 2.87. The van der Waals surface area contributed by atoms with E-state index in [1.165, 1.54) is 17.2 Å². The summed E-state index contributed by atoms with van der Waals surface area (Å²) in [6.07, 6.45) is 6.50. The first kappa shape index (κ1) is 24.3. The Morgan fingerprint density at radius 3 is 2.41 bits per heavy atom. The zero-order valence-corrected chi connectivity index (χ0v) is 20.6. The van der Waals surface area contributed by atoms with Gasteiger partial charge in [-0.05, 0) is 54.2 Å². The van der Waals surface area contributed by atoms with E-state index in [1.54, 1.807) is 4.90 Å². The number of hydrogen-bond donors (Lipinski definition) is 1. The standard InChI is InChI=1S/C29H33ClN2O2/c1-21(29(34)31-25-14-3-2-4-15-25)32(20-24-11-6-8-17-27(24)30)28(33)19-18-23-13-9-12-22-10-5-7-16-26(22)23/h5-13,16-17,21,25H,2-4,14-15,18-20H2,1H3,(H,31,34). The molecule has 4 nitrogen and oxygen atoms in total. The molecule has 0 aliphatic heterocycles. The summed E-state index contributed by atoms with van der Waals surface area (Å²) >= 11 is 6.41. The number of nitrogens with one attached hydrogen (secondary N) is 1. The molecule has 0 saturated heterocycles. The van der Waals surface area contributed by atoms with Crippen molar-refractivity contribution in [1.29, 1.82) is 0 Å². The van der Waals surface area contributed by atoms with E-state index in [0.717, 1.165) is 36.8 Å². The summed E-state index contributed by atoms with van der Waals surface area (Å²) in [5.41, 5.74) is 1.99. The van der Waals surface area contributed by atoms with Gasteiger partial charge in [-0.15, -0.1) is 0 Å². The largest absolute Gasteiger partial charge is 0.352 e. The molecule has 1 N–H and O–H groups in total. The molecule has 3 aromatic rings. The van der Waals surface area contributed by atoms with Gasteiger partial charge in [-0.3, -0.25) is 9.59 Å². The Hall–Kier alpha value is -2.85. The number of halogens is 1. The van der Waals surface area contributed by atoms with Crippen LogP contribution in [0.15, 0.2) is 66.7 Å². The maximum Gasteiger partial charge on any atom is 0.242 e. The van der Waals surface area contributed by atoms with Crippen molar-refractivity contribution in [2.75, 3.05) is 0 Å². The number of rotatable bonds is 8. The summed E-state index contributed by atoms with van der Waals surface area (Å²) in [4.78, 5) is 28.3. The Bertz CT molecular complexity index is 1130. The molecule has 34 heavy (non-hydrogen) atoms. The van der Waals surface area contributed by atoms with E-state index in [4.69, 9.17) is 11.6 Å². The Kier molecular flexibility index (Phi) is 8.23. The highest BCUT2D eigenvalue weighted by atomic mass is 35.5. The third-order valence-corrected chi connectivity index (χ3v) is 7.27. The normalized spacial score (nSPS) is 15.1. The lowest BCUT2D eigenvalue weighted by molar-refractivity contribution is -0.141. The molecule has 1 atom stereocenters. The van der Waals surface area contributed by atoms with Crippen LogP contribution in [-0.2, 0) is 22.6 Å². The number of amides is 2. The molecule has 5 heteroatoms. The number of fused-ring (bicyclic) bond motifs is 1. The minimum Gasteiger partial charge on any atom is -0.352 e. The quantitative estimate of drug-likeness (QED) is 0.415. The SMILES string of the molecule is CC(C(=O)NC1CCCCC1)N(Cc1ccccc1Cl)C(=O)CCc1cccc2ccccc12. The van der Waals surface area contributed by atoms with Gasteiger partial charge in [0.05, 0.1) is 0 Å². The second-order valence-corrected chi connectivity index (χ2v) is 9.68. The van der Waals surface area contributed by atoms with Crippen molar-refractivity contribution < 1.29 is 9.59 Å². The van der Waals surface area contributed by atoms with E-state index in [0.29, 0.717) is 24.4 Å². The van der Waals surface area contributed by atoms with Crippen molar-refractivity contribution in [3.05, 3.63) is 82.9 Å². The first-order chi connectivity index (χ1) is 16.5. The molecule has 0 aromatic heterocycles. The first-order valence-electron chi connectivity index (χ1n) is 12.3. The topological polar surface area (TPSA) is 49.4 Å². The van der Waals surface area contributed by atoms with Crippen molar-refractivity contribution in [2.24, 2.45) is 0 Å². The second-order valence-electron chi connectivity index (χ2n) is 9.27. The van der Waals surface area contributed by atoms with E-state index in [2.05, 4.69) is 29.6 Å². The van der Waals surface area contributed by atoms with Crippen molar-refractivity contribution >= 4 is 34.2 Å². The molecule has 0 bridgehead atoms. The van der Waals surface area contributed by atoms with Gasteiger partial charge in [0.15, 0.2) is 0 Å². The molecule has 1 saturated carbocycles. The highest BCUT2D eigenvalue weighted by Gasteiger charge is 2.28. The Labute approximate surface area is 207 Å². The Morgan fingerprint density at radius 2 is 1.62 bits per heavy atom. The van der Waals surface area contributed by atoms with Crippen LogP contribution in [0.1, 0.15) is 56.6 Å². The molecule has 0 heterocycles. The number of aryl methyl sites for hydroxylation is 1. The van der Waals surface area contributed by atoms with Crippen LogP contribution in [0.4, 0.5) is 0 Å². The summed E-state index contributed by atoms with van der Waals surface area (Å²) in [6.45, 7) is 2.14. The number of carbonyl (C=O) groups is 2. The molecule has 4 rings (SSSR count).